The Kier molecular flexibility index (Phi) is 7.31. The first-order valence-corrected chi connectivity index (χ1v) is 9.76. The predicted octanol–water partition coefficient (Wildman–Crippen LogP) is 5.23. The highest BCUT2D eigenvalue weighted by atomic mass is 19.4. The van der Waals surface area contributed by atoms with Crippen LogP contribution in [0.25, 0.3) is 0 Å². The van der Waals surface area contributed by atoms with Gasteiger partial charge in [0.05, 0.1) is 12.7 Å². The number of carbonyl (C=O) groups is 1. The van der Waals surface area contributed by atoms with E-state index in [2.05, 4.69) is 10.6 Å². The highest BCUT2D eigenvalue weighted by Crippen LogP contribution is 2.31. The highest BCUT2D eigenvalue weighted by molar-refractivity contribution is 5.95. The quantitative estimate of drug-likeness (QED) is 0.517. The molecule has 0 aliphatic carbocycles. The van der Waals surface area contributed by atoms with Gasteiger partial charge in [-0.05, 0) is 47.9 Å². The molecule has 2 N–H and O–H groups in total. The zero-order valence-corrected chi connectivity index (χ0v) is 16.9. The van der Waals surface area contributed by atoms with E-state index in [9.17, 15) is 18.0 Å². The third kappa shape index (κ3) is 6.33. The van der Waals surface area contributed by atoms with Crippen LogP contribution in [0.15, 0.2) is 78.9 Å². The van der Waals surface area contributed by atoms with E-state index in [1.165, 1.54) is 12.1 Å². The fourth-order valence-corrected chi connectivity index (χ4v) is 3.15. The SMILES string of the molecule is COc1ccc(CCNC(C(=O)Nc2cccc(C(F)(F)F)c2)c2ccccc2)cc1. The summed E-state index contributed by atoms with van der Waals surface area (Å²) in [5, 5.41) is 5.81. The molecule has 162 valence electrons. The van der Waals surface area contributed by atoms with E-state index in [0.29, 0.717) is 13.0 Å². The molecule has 0 aromatic heterocycles. The second-order valence-electron chi connectivity index (χ2n) is 6.96. The number of nitrogens with one attached hydrogen (secondary N) is 2. The number of ether oxygens (including phenoxy) is 1. The Morgan fingerprint density at radius 3 is 2.32 bits per heavy atom. The monoisotopic (exact) mass is 428 g/mol. The lowest BCUT2D eigenvalue weighted by Crippen LogP contribution is -2.34. The van der Waals surface area contributed by atoms with Gasteiger partial charge in [0.2, 0.25) is 5.91 Å². The summed E-state index contributed by atoms with van der Waals surface area (Å²) in [5.41, 5.74) is 1.08. The third-order valence-electron chi connectivity index (χ3n) is 4.77. The molecule has 31 heavy (non-hydrogen) atoms. The Bertz CT molecular complexity index is 990. The standard InChI is InChI=1S/C24H23F3N2O2/c1-31-21-12-10-17(11-13-21)14-15-28-22(18-6-3-2-4-7-18)23(30)29-20-9-5-8-19(16-20)24(25,26)27/h2-13,16,22,28H,14-15H2,1H3,(H,29,30). The van der Waals surface area contributed by atoms with Crippen molar-refractivity contribution in [1.82, 2.24) is 5.32 Å². The van der Waals surface area contributed by atoms with Gasteiger partial charge in [-0.15, -0.1) is 0 Å². The number of benzene rings is 3. The molecule has 1 atom stereocenters. The van der Waals surface area contributed by atoms with E-state index in [1.54, 1.807) is 19.2 Å². The second-order valence-corrected chi connectivity index (χ2v) is 6.96. The Labute approximate surface area is 179 Å². The third-order valence-corrected chi connectivity index (χ3v) is 4.77. The molecule has 1 unspecified atom stereocenters. The van der Waals surface area contributed by atoms with Gasteiger partial charge in [-0.1, -0.05) is 48.5 Å². The lowest BCUT2D eigenvalue weighted by molar-refractivity contribution is -0.137. The number of rotatable bonds is 8. The van der Waals surface area contributed by atoms with E-state index < -0.39 is 23.7 Å². The molecule has 3 rings (SSSR count). The van der Waals surface area contributed by atoms with Crippen LogP contribution < -0.4 is 15.4 Å². The minimum Gasteiger partial charge on any atom is -0.497 e. The van der Waals surface area contributed by atoms with Gasteiger partial charge in [-0.3, -0.25) is 4.79 Å². The number of anilines is 1. The van der Waals surface area contributed by atoms with Crippen LogP contribution in [0, 0.1) is 0 Å². The molecule has 0 aliphatic rings. The zero-order valence-electron chi connectivity index (χ0n) is 16.9. The molecule has 0 bridgehead atoms. The average molecular weight is 428 g/mol. The predicted molar refractivity (Wildman–Crippen MR) is 114 cm³/mol. The van der Waals surface area contributed by atoms with Crippen LogP contribution in [0.5, 0.6) is 5.75 Å². The van der Waals surface area contributed by atoms with Gasteiger partial charge in [-0.25, -0.2) is 0 Å². The van der Waals surface area contributed by atoms with Gasteiger partial charge in [0.1, 0.15) is 11.8 Å². The molecule has 3 aromatic rings. The molecular formula is C24H23F3N2O2. The average Bonchev–Trinajstić information content (AvgIpc) is 2.77. The van der Waals surface area contributed by atoms with Gasteiger partial charge >= 0.3 is 6.18 Å². The van der Waals surface area contributed by atoms with Gasteiger partial charge in [-0.2, -0.15) is 13.2 Å². The lowest BCUT2D eigenvalue weighted by Gasteiger charge is -2.19. The minimum absolute atomic E-state index is 0.0951. The first kappa shape index (κ1) is 22.4. The molecule has 0 heterocycles. The number of methoxy groups -OCH3 is 1. The van der Waals surface area contributed by atoms with Crippen LogP contribution in [0.4, 0.5) is 18.9 Å². The van der Waals surface area contributed by atoms with E-state index >= 15 is 0 Å². The van der Waals surface area contributed by atoms with Crippen molar-refractivity contribution in [3.8, 4) is 5.75 Å². The molecule has 0 radical (unpaired) electrons. The fourth-order valence-electron chi connectivity index (χ4n) is 3.15. The van der Waals surface area contributed by atoms with Crippen LogP contribution in [0.3, 0.4) is 0 Å². The molecule has 0 saturated heterocycles. The first-order valence-electron chi connectivity index (χ1n) is 9.76. The van der Waals surface area contributed by atoms with Gasteiger partial charge in [0.25, 0.3) is 0 Å². The van der Waals surface area contributed by atoms with E-state index in [1.807, 2.05) is 42.5 Å². The van der Waals surface area contributed by atoms with Crippen molar-refractivity contribution in [2.24, 2.45) is 0 Å². The molecule has 4 nitrogen and oxygen atoms in total. The Balaban J connectivity index is 1.70. The Morgan fingerprint density at radius 2 is 1.68 bits per heavy atom. The summed E-state index contributed by atoms with van der Waals surface area (Å²) in [6, 6.07) is 20.6. The minimum atomic E-state index is -4.48. The summed E-state index contributed by atoms with van der Waals surface area (Å²) in [6.45, 7) is 0.502. The molecule has 3 aromatic carbocycles. The van der Waals surface area contributed by atoms with E-state index in [4.69, 9.17) is 4.74 Å². The number of hydrogen-bond acceptors (Lipinski definition) is 3. The number of alkyl halides is 3. The van der Waals surface area contributed by atoms with E-state index in [-0.39, 0.29) is 5.69 Å². The van der Waals surface area contributed by atoms with Gasteiger partial charge in [0.15, 0.2) is 0 Å². The van der Waals surface area contributed by atoms with Crippen molar-refractivity contribution in [2.75, 3.05) is 19.0 Å². The van der Waals surface area contributed by atoms with Crippen LogP contribution in [-0.4, -0.2) is 19.6 Å². The summed E-state index contributed by atoms with van der Waals surface area (Å²) < 4.78 is 44.1. The zero-order chi connectivity index (χ0) is 22.3. The van der Waals surface area contributed by atoms with Crippen LogP contribution >= 0.6 is 0 Å². The summed E-state index contributed by atoms with van der Waals surface area (Å²) >= 11 is 0. The van der Waals surface area contributed by atoms with Crippen molar-refractivity contribution in [3.05, 3.63) is 95.6 Å². The lowest BCUT2D eigenvalue weighted by atomic mass is 10.0. The molecule has 0 aliphatic heterocycles. The molecule has 1 amide bonds. The smallest absolute Gasteiger partial charge is 0.416 e. The molecule has 0 fully saturated rings. The van der Waals surface area contributed by atoms with Gasteiger partial charge < -0.3 is 15.4 Å². The number of amides is 1. The molecule has 0 saturated carbocycles. The summed E-state index contributed by atoms with van der Waals surface area (Å²) in [6.07, 6.45) is -3.81. The number of halogens is 3. The number of hydrogen-bond donors (Lipinski definition) is 2. The molecular weight excluding hydrogens is 405 g/mol. The van der Waals surface area contributed by atoms with E-state index in [0.717, 1.165) is 29.0 Å². The van der Waals surface area contributed by atoms with Crippen LogP contribution in [-0.2, 0) is 17.4 Å². The van der Waals surface area contributed by atoms with Crippen LogP contribution in [0.2, 0.25) is 0 Å². The van der Waals surface area contributed by atoms with Crippen molar-refractivity contribution in [1.29, 1.82) is 0 Å². The Morgan fingerprint density at radius 1 is 0.968 bits per heavy atom. The maximum atomic E-state index is 13.0. The largest absolute Gasteiger partial charge is 0.497 e. The summed E-state index contributed by atoms with van der Waals surface area (Å²) in [5.74, 6) is 0.333. The summed E-state index contributed by atoms with van der Waals surface area (Å²) in [4.78, 5) is 12.9. The maximum absolute atomic E-state index is 13.0. The molecule has 0 spiro atoms. The Hall–Kier alpha value is -3.32. The number of carbonyl (C=O) groups excluding carboxylic acids is 1. The second kappa shape index (κ2) is 10.1. The summed E-state index contributed by atoms with van der Waals surface area (Å²) in [7, 11) is 1.60. The van der Waals surface area contributed by atoms with Gasteiger partial charge in [0, 0.05) is 12.2 Å². The maximum Gasteiger partial charge on any atom is 0.416 e. The van der Waals surface area contributed by atoms with Crippen LogP contribution in [0.1, 0.15) is 22.7 Å². The molecule has 7 heteroatoms. The van der Waals surface area contributed by atoms with Crippen molar-refractivity contribution in [3.63, 3.8) is 0 Å². The topological polar surface area (TPSA) is 50.4 Å². The first-order chi connectivity index (χ1) is 14.9. The highest BCUT2D eigenvalue weighted by Gasteiger charge is 2.30. The normalized spacial score (nSPS) is 12.3. The van der Waals surface area contributed by atoms with Crippen molar-refractivity contribution >= 4 is 11.6 Å². The van der Waals surface area contributed by atoms with Crippen molar-refractivity contribution < 1.29 is 22.7 Å². The van der Waals surface area contributed by atoms with Crippen molar-refractivity contribution in [2.45, 2.75) is 18.6 Å². The fraction of sp³-hybridized carbons (Fsp3) is 0.208.